The molecule has 1 amide bonds. The highest BCUT2D eigenvalue weighted by Crippen LogP contribution is 2.28. The molecule has 1 aliphatic carbocycles. The van der Waals surface area contributed by atoms with Crippen LogP contribution in [0.15, 0.2) is 24.3 Å². The van der Waals surface area contributed by atoms with Crippen molar-refractivity contribution in [3.05, 3.63) is 35.4 Å². The van der Waals surface area contributed by atoms with E-state index in [-0.39, 0.29) is 5.91 Å². The lowest BCUT2D eigenvalue weighted by molar-refractivity contribution is 0.0747. The molecule has 0 spiro atoms. The van der Waals surface area contributed by atoms with E-state index < -0.39 is 0 Å². The van der Waals surface area contributed by atoms with Gasteiger partial charge in [0.15, 0.2) is 0 Å². The van der Waals surface area contributed by atoms with Gasteiger partial charge in [0.25, 0.3) is 5.91 Å². The number of nitriles is 1. The summed E-state index contributed by atoms with van der Waals surface area (Å²) in [5, 5.41) is 9.44. The Hall–Kier alpha value is -1.34. The number of amides is 1. The van der Waals surface area contributed by atoms with E-state index in [0.29, 0.717) is 24.6 Å². The molecule has 0 aliphatic heterocycles. The summed E-state index contributed by atoms with van der Waals surface area (Å²) in [5.41, 5.74) is 1.87. The van der Waals surface area contributed by atoms with Crippen molar-refractivity contribution in [2.24, 2.45) is 0 Å². The molecule has 94 valence electrons. The third-order valence-corrected chi connectivity index (χ3v) is 3.72. The highest BCUT2D eigenvalue weighted by molar-refractivity contribution is 9.08. The van der Waals surface area contributed by atoms with Gasteiger partial charge in [-0.1, -0.05) is 28.1 Å². The number of rotatable bonds is 5. The van der Waals surface area contributed by atoms with Gasteiger partial charge < -0.3 is 4.90 Å². The Balaban J connectivity index is 2.09. The van der Waals surface area contributed by atoms with Crippen LogP contribution in [0.25, 0.3) is 0 Å². The third-order valence-electron chi connectivity index (χ3n) is 3.07. The topological polar surface area (TPSA) is 44.1 Å². The molecule has 0 heterocycles. The Morgan fingerprint density at radius 3 is 2.56 bits per heavy atom. The van der Waals surface area contributed by atoms with Crippen molar-refractivity contribution in [2.45, 2.75) is 30.6 Å². The molecule has 0 atom stereocenters. The van der Waals surface area contributed by atoms with Gasteiger partial charge >= 0.3 is 0 Å². The molecular formula is C14H15BrN2O. The number of carbonyl (C=O) groups is 1. The maximum atomic E-state index is 12.3. The van der Waals surface area contributed by atoms with Gasteiger partial charge in [0.05, 0.1) is 12.5 Å². The minimum absolute atomic E-state index is 0.0499. The van der Waals surface area contributed by atoms with Gasteiger partial charge in [-0.25, -0.2) is 0 Å². The zero-order valence-electron chi connectivity index (χ0n) is 10.1. The molecule has 0 aromatic heterocycles. The molecule has 18 heavy (non-hydrogen) atoms. The summed E-state index contributed by atoms with van der Waals surface area (Å²) < 4.78 is 0. The first kappa shape index (κ1) is 13.1. The van der Waals surface area contributed by atoms with Crippen LogP contribution in [0.3, 0.4) is 0 Å². The average Bonchev–Trinajstić information content (AvgIpc) is 3.24. The van der Waals surface area contributed by atoms with Crippen LogP contribution in [-0.2, 0) is 5.33 Å². The van der Waals surface area contributed by atoms with E-state index in [1.54, 1.807) is 0 Å². The summed E-state index contributed by atoms with van der Waals surface area (Å²) in [7, 11) is 0. The van der Waals surface area contributed by atoms with Crippen LogP contribution in [-0.4, -0.2) is 23.4 Å². The Bertz CT molecular complexity index is 460. The fourth-order valence-electron chi connectivity index (χ4n) is 1.91. The maximum absolute atomic E-state index is 12.3. The van der Waals surface area contributed by atoms with Crippen LogP contribution >= 0.6 is 15.9 Å². The average molecular weight is 307 g/mol. The van der Waals surface area contributed by atoms with Gasteiger partial charge in [0.2, 0.25) is 0 Å². The van der Waals surface area contributed by atoms with Crippen LogP contribution in [0, 0.1) is 11.3 Å². The van der Waals surface area contributed by atoms with Crippen molar-refractivity contribution in [2.75, 3.05) is 6.54 Å². The van der Waals surface area contributed by atoms with E-state index in [4.69, 9.17) is 5.26 Å². The predicted molar refractivity (Wildman–Crippen MR) is 73.4 cm³/mol. The van der Waals surface area contributed by atoms with Crippen molar-refractivity contribution >= 4 is 21.8 Å². The van der Waals surface area contributed by atoms with Crippen molar-refractivity contribution < 1.29 is 4.79 Å². The van der Waals surface area contributed by atoms with E-state index in [1.807, 2.05) is 29.2 Å². The second-order valence-corrected chi connectivity index (χ2v) is 5.03. The van der Waals surface area contributed by atoms with Gasteiger partial charge in [-0.05, 0) is 30.5 Å². The summed E-state index contributed by atoms with van der Waals surface area (Å²) in [4.78, 5) is 14.2. The van der Waals surface area contributed by atoms with E-state index in [1.165, 1.54) is 0 Å². The first-order valence-electron chi connectivity index (χ1n) is 6.09. The molecule has 1 fully saturated rings. The number of benzene rings is 1. The number of alkyl halides is 1. The number of halogens is 1. The summed E-state index contributed by atoms with van der Waals surface area (Å²) in [5.74, 6) is 0.0499. The minimum Gasteiger partial charge on any atom is -0.335 e. The Labute approximate surface area is 116 Å². The smallest absolute Gasteiger partial charge is 0.254 e. The summed E-state index contributed by atoms with van der Waals surface area (Å²) in [6.07, 6.45) is 2.54. The fraction of sp³-hybridized carbons (Fsp3) is 0.429. The van der Waals surface area contributed by atoms with E-state index in [0.717, 1.165) is 23.7 Å². The molecule has 0 saturated heterocycles. The molecule has 2 rings (SSSR count). The highest BCUT2D eigenvalue weighted by atomic mass is 79.9. The maximum Gasteiger partial charge on any atom is 0.254 e. The molecule has 0 bridgehead atoms. The molecule has 0 unspecified atom stereocenters. The van der Waals surface area contributed by atoms with Gasteiger partial charge in [-0.15, -0.1) is 0 Å². The Kier molecular flexibility index (Phi) is 4.38. The first-order valence-corrected chi connectivity index (χ1v) is 7.21. The highest BCUT2D eigenvalue weighted by Gasteiger charge is 2.32. The quantitative estimate of drug-likeness (QED) is 0.785. The standard InChI is InChI=1S/C14H15BrN2O/c15-10-11-2-4-12(5-3-11)14(18)17(9-1-8-16)13-6-7-13/h2-5,13H,1,6-7,9-10H2. The number of nitrogens with zero attached hydrogens (tertiary/aromatic N) is 2. The molecule has 0 radical (unpaired) electrons. The van der Waals surface area contributed by atoms with Crippen molar-refractivity contribution in [3.8, 4) is 6.07 Å². The largest absolute Gasteiger partial charge is 0.335 e. The fourth-order valence-corrected chi connectivity index (χ4v) is 2.28. The molecule has 1 saturated carbocycles. The van der Waals surface area contributed by atoms with Gasteiger partial charge in [-0.3, -0.25) is 4.79 Å². The second-order valence-electron chi connectivity index (χ2n) is 4.47. The molecule has 0 N–H and O–H groups in total. The Morgan fingerprint density at radius 2 is 2.06 bits per heavy atom. The van der Waals surface area contributed by atoms with Crippen LogP contribution < -0.4 is 0 Å². The SMILES string of the molecule is N#CCCN(C(=O)c1ccc(CBr)cc1)C1CC1. The monoisotopic (exact) mass is 306 g/mol. The first-order chi connectivity index (χ1) is 8.76. The van der Waals surface area contributed by atoms with Crippen molar-refractivity contribution in [1.82, 2.24) is 4.90 Å². The van der Waals surface area contributed by atoms with Gasteiger partial charge in [0.1, 0.15) is 0 Å². The summed E-state index contributed by atoms with van der Waals surface area (Å²) in [6, 6.07) is 10.1. The molecule has 4 heteroatoms. The van der Waals surface area contributed by atoms with Crippen LogP contribution in [0.2, 0.25) is 0 Å². The summed E-state index contributed by atoms with van der Waals surface area (Å²) in [6.45, 7) is 0.542. The van der Waals surface area contributed by atoms with Gasteiger partial charge in [-0.2, -0.15) is 5.26 Å². The molecule has 3 nitrogen and oxygen atoms in total. The molecule has 1 aromatic rings. The van der Waals surface area contributed by atoms with E-state index in [2.05, 4.69) is 22.0 Å². The number of hydrogen-bond acceptors (Lipinski definition) is 2. The van der Waals surface area contributed by atoms with Crippen LogP contribution in [0.4, 0.5) is 0 Å². The second kappa shape index (κ2) is 6.01. The zero-order valence-corrected chi connectivity index (χ0v) is 11.7. The lowest BCUT2D eigenvalue weighted by atomic mass is 10.1. The van der Waals surface area contributed by atoms with E-state index >= 15 is 0 Å². The lowest BCUT2D eigenvalue weighted by Crippen LogP contribution is -2.33. The van der Waals surface area contributed by atoms with Crippen molar-refractivity contribution in [3.63, 3.8) is 0 Å². The lowest BCUT2D eigenvalue weighted by Gasteiger charge is -2.21. The van der Waals surface area contributed by atoms with Crippen LogP contribution in [0.1, 0.15) is 35.2 Å². The van der Waals surface area contributed by atoms with Crippen LogP contribution in [0.5, 0.6) is 0 Å². The van der Waals surface area contributed by atoms with Crippen molar-refractivity contribution in [1.29, 1.82) is 5.26 Å². The summed E-state index contributed by atoms with van der Waals surface area (Å²) >= 11 is 3.38. The Morgan fingerprint density at radius 1 is 1.39 bits per heavy atom. The number of hydrogen-bond donors (Lipinski definition) is 0. The minimum atomic E-state index is 0.0499. The zero-order chi connectivity index (χ0) is 13.0. The molecule has 1 aromatic carbocycles. The third kappa shape index (κ3) is 3.11. The normalized spacial score (nSPS) is 14.0. The molecular weight excluding hydrogens is 292 g/mol. The predicted octanol–water partition coefficient (Wildman–Crippen LogP) is 3.10. The van der Waals surface area contributed by atoms with Gasteiger partial charge in [0, 0.05) is 23.5 Å². The molecule has 1 aliphatic rings. The number of carbonyl (C=O) groups excluding carboxylic acids is 1. The van der Waals surface area contributed by atoms with E-state index in [9.17, 15) is 4.79 Å².